The molecule has 0 bridgehead atoms. The lowest BCUT2D eigenvalue weighted by atomic mass is 9.79. The molecule has 0 aliphatic heterocycles. The van der Waals surface area contributed by atoms with Gasteiger partial charge in [-0.25, -0.2) is 4.79 Å². The minimum absolute atomic E-state index is 0.0582. The van der Waals surface area contributed by atoms with E-state index >= 15 is 0 Å². The molecule has 0 radical (unpaired) electrons. The minimum Gasteiger partial charge on any atom is -0.508 e. The molecule has 1 aromatic rings. The van der Waals surface area contributed by atoms with Crippen LogP contribution >= 0.6 is 0 Å². The van der Waals surface area contributed by atoms with Gasteiger partial charge in [-0.15, -0.1) is 0 Å². The Balaban J connectivity index is 3.06. The number of methoxy groups -OCH3 is 1. The largest absolute Gasteiger partial charge is 0.508 e. The number of esters is 1. The normalized spacial score (nSPS) is 13.7. The van der Waals surface area contributed by atoms with E-state index < -0.39 is 22.8 Å². The Morgan fingerprint density at radius 2 is 1.71 bits per heavy atom. The zero-order valence-electron chi connectivity index (χ0n) is 12.3. The van der Waals surface area contributed by atoms with Crippen LogP contribution in [-0.2, 0) is 14.3 Å². The van der Waals surface area contributed by atoms with Crippen molar-refractivity contribution in [1.82, 2.24) is 0 Å². The highest BCUT2D eigenvalue weighted by molar-refractivity contribution is 6.09. The van der Waals surface area contributed by atoms with Gasteiger partial charge in [0.25, 0.3) is 0 Å². The van der Waals surface area contributed by atoms with Crippen LogP contribution in [0.15, 0.2) is 24.3 Å². The molecular weight excluding hydrogens is 274 g/mol. The first kappa shape index (κ1) is 16.5. The maximum absolute atomic E-state index is 12.5. The highest BCUT2D eigenvalue weighted by Gasteiger charge is 2.50. The van der Waals surface area contributed by atoms with Crippen LogP contribution in [0, 0.1) is 16.7 Å². The molecule has 0 heterocycles. The highest BCUT2D eigenvalue weighted by atomic mass is 16.5. The predicted molar refractivity (Wildman–Crippen MR) is 73.6 cm³/mol. The van der Waals surface area contributed by atoms with Gasteiger partial charge < -0.3 is 14.6 Å². The second-order valence-corrected chi connectivity index (χ2v) is 5.16. The van der Waals surface area contributed by atoms with Gasteiger partial charge in [0.2, 0.25) is 11.2 Å². The second kappa shape index (κ2) is 5.83. The van der Waals surface area contributed by atoms with Gasteiger partial charge in [0.05, 0.1) is 13.2 Å². The molecule has 6 heteroatoms. The van der Waals surface area contributed by atoms with Crippen LogP contribution in [0.2, 0.25) is 0 Å². The van der Waals surface area contributed by atoms with Crippen molar-refractivity contribution in [3.63, 3.8) is 0 Å². The lowest BCUT2D eigenvalue weighted by Crippen LogP contribution is -2.50. The zero-order valence-corrected chi connectivity index (χ0v) is 12.3. The number of hydrogen-bond donors (Lipinski definition) is 1. The first-order valence-electron chi connectivity index (χ1n) is 6.20. The molecule has 0 aliphatic rings. The van der Waals surface area contributed by atoms with Crippen molar-refractivity contribution in [3.05, 3.63) is 24.3 Å². The summed E-state index contributed by atoms with van der Waals surface area (Å²) in [5.74, 6) is -1.26. The molecule has 6 nitrogen and oxygen atoms in total. The van der Waals surface area contributed by atoms with Gasteiger partial charge in [0.15, 0.2) is 5.60 Å². The third-order valence-corrected chi connectivity index (χ3v) is 3.03. The topological polar surface area (TPSA) is 96.6 Å². The molecule has 1 unspecified atom stereocenters. The predicted octanol–water partition coefficient (Wildman–Crippen LogP) is 1.82. The monoisotopic (exact) mass is 291 g/mol. The summed E-state index contributed by atoms with van der Waals surface area (Å²) in [7, 11) is 1.11. The van der Waals surface area contributed by atoms with Crippen molar-refractivity contribution in [2.75, 3.05) is 7.11 Å². The van der Waals surface area contributed by atoms with Gasteiger partial charge in [-0.2, -0.15) is 5.26 Å². The lowest BCUT2D eigenvalue weighted by Gasteiger charge is -2.30. The zero-order chi connectivity index (χ0) is 16.3. The van der Waals surface area contributed by atoms with Crippen molar-refractivity contribution >= 4 is 11.8 Å². The van der Waals surface area contributed by atoms with E-state index in [1.165, 1.54) is 45.0 Å². The number of benzene rings is 1. The second-order valence-electron chi connectivity index (χ2n) is 5.16. The maximum atomic E-state index is 12.5. The Hall–Kier alpha value is -2.55. The Bertz CT molecular complexity index is 585. The van der Waals surface area contributed by atoms with Crippen molar-refractivity contribution in [1.29, 1.82) is 5.26 Å². The number of carbonyl (C=O) groups excluding carboxylic acids is 2. The average molecular weight is 291 g/mol. The van der Waals surface area contributed by atoms with E-state index in [4.69, 9.17) is 10.00 Å². The number of rotatable bonds is 5. The fourth-order valence-electron chi connectivity index (χ4n) is 1.85. The third kappa shape index (κ3) is 3.31. The SMILES string of the molecule is COC(=O)C(C)(C#N)C(=O)C(C)(C)Oc1ccc(O)cc1. The summed E-state index contributed by atoms with van der Waals surface area (Å²) in [5, 5.41) is 18.4. The lowest BCUT2D eigenvalue weighted by molar-refractivity contribution is -0.158. The van der Waals surface area contributed by atoms with Crippen LogP contribution in [0.1, 0.15) is 20.8 Å². The summed E-state index contributed by atoms with van der Waals surface area (Å²) >= 11 is 0. The fourth-order valence-corrected chi connectivity index (χ4v) is 1.85. The molecule has 0 aliphatic carbocycles. The number of nitrogens with zero attached hydrogens (tertiary/aromatic N) is 1. The van der Waals surface area contributed by atoms with E-state index in [2.05, 4.69) is 4.74 Å². The Kier molecular flexibility index (Phi) is 4.58. The van der Waals surface area contributed by atoms with Crippen LogP contribution in [-0.4, -0.2) is 29.6 Å². The quantitative estimate of drug-likeness (QED) is 0.656. The molecule has 0 spiro atoms. The van der Waals surface area contributed by atoms with E-state index in [1.54, 1.807) is 6.07 Å². The first-order valence-corrected chi connectivity index (χ1v) is 6.20. The number of phenols is 1. The summed E-state index contributed by atoms with van der Waals surface area (Å²) in [6.07, 6.45) is 0. The number of hydrogen-bond acceptors (Lipinski definition) is 6. The average Bonchev–Trinajstić information content (AvgIpc) is 2.46. The van der Waals surface area contributed by atoms with Crippen molar-refractivity contribution in [2.45, 2.75) is 26.4 Å². The third-order valence-electron chi connectivity index (χ3n) is 3.03. The van der Waals surface area contributed by atoms with Crippen molar-refractivity contribution in [2.24, 2.45) is 5.41 Å². The molecule has 0 amide bonds. The number of Topliss-reactive ketones (excluding diaryl/α,β-unsaturated/α-hetero) is 1. The van der Waals surface area contributed by atoms with E-state index in [0.29, 0.717) is 5.75 Å². The number of ether oxygens (including phenoxy) is 2. The van der Waals surface area contributed by atoms with Crippen LogP contribution in [0.5, 0.6) is 11.5 Å². The fraction of sp³-hybridized carbons (Fsp3) is 0.400. The Labute approximate surface area is 122 Å². The molecule has 0 aromatic heterocycles. The van der Waals surface area contributed by atoms with Gasteiger partial charge >= 0.3 is 5.97 Å². The summed E-state index contributed by atoms with van der Waals surface area (Å²) in [6.45, 7) is 4.12. The standard InChI is InChI=1S/C15H17NO5/c1-14(2,21-11-7-5-10(17)6-8-11)12(18)15(3,9-16)13(19)20-4/h5-8,17H,1-4H3. The van der Waals surface area contributed by atoms with E-state index in [-0.39, 0.29) is 5.75 Å². The summed E-state index contributed by atoms with van der Waals surface area (Å²) in [6, 6.07) is 7.45. The molecule has 1 atom stereocenters. The molecule has 0 saturated heterocycles. The van der Waals surface area contributed by atoms with Gasteiger partial charge in [0.1, 0.15) is 11.5 Å². The van der Waals surface area contributed by atoms with Gasteiger partial charge in [-0.05, 0) is 45.0 Å². The molecule has 1 rings (SSSR count). The van der Waals surface area contributed by atoms with E-state index in [1.807, 2.05) is 0 Å². The van der Waals surface area contributed by atoms with Crippen LogP contribution < -0.4 is 4.74 Å². The molecule has 0 fully saturated rings. The molecule has 1 aromatic carbocycles. The number of carbonyl (C=O) groups is 2. The van der Waals surface area contributed by atoms with Crippen molar-refractivity contribution in [3.8, 4) is 17.6 Å². The summed E-state index contributed by atoms with van der Waals surface area (Å²) < 4.78 is 10.1. The molecular formula is C15H17NO5. The van der Waals surface area contributed by atoms with Gasteiger partial charge in [-0.3, -0.25) is 4.79 Å². The van der Waals surface area contributed by atoms with E-state index in [9.17, 15) is 14.7 Å². The molecule has 21 heavy (non-hydrogen) atoms. The molecule has 0 saturated carbocycles. The number of phenolic OH excluding ortho intramolecular Hbond substituents is 1. The number of aromatic hydroxyl groups is 1. The molecule has 112 valence electrons. The van der Waals surface area contributed by atoms with Crippen LogP contribution in [0.4, 0.5) is 0 Å². The summed E-state index contributed by atoms with van der Waals surface area (Å²) in [4.78, 5) is 24.2. The van der Waals surface area contributed by atoms with Gasteiger partial charge in [-0.1, -0.05) is 0 Å². The summed E-state index contributed by atoms with van der Waals surface area (Å²) in [5.41, 5.74) is -3.37. The Morgan fingerprint density at radius 1 is 1.19 bits per heavy atom. The molecule has 1 N–H and O–H groups in total. The van der Waals surface area contributed by atoms with Crippen molar-refractivity contribution < 1.29 is 24.2 Å². The number of nitriles is 1. The van der Waals surface area contributed by atoms with Gasteiger partial charge in [0, 0.05) is 0 Å². The van der Waals surface area contributed by atoms with Crippen LogP contribution in [0.25, 0.3) is 0 Å². The highest BCUT2D eigenvalue weighted by Crippen LogP contribution is 2.29. The van der Waals surface area contributed by atoms with Crippen LogP contribution in [0.3, 0.4) is 0 Å². The smallest absolute Gasteiger partial charge is 0.333 e. The first-order chi connectivity index (χ1) is 9.67. The minimum atomic E-state index is -1.95. The maximum Gasteiger partial charge on any atom is 0.333 e. The van der Waals surface area contributed by atoms with E-state index in [0.717, 1.165) is 7.11 Å². The Morgan fingerprint density at radius 3 is 2.14 bits per heavy atom. The number of ketones is 1.